The lowest BCUT2D eigenvalue weighted by atomic mass is 9.36. The SMILES string of the molecule is CC1(C)CC(C)(C)C12CNC2. The summed E-state index contributed by atoms with van der Waals surface area (Å²) >= 11 is 0. The molecule has 0 unspecified atom stereocenters. The third-order valence-corrected chi connectivity index (χ3v) is 4.33. The summed E-state index contributed by atoms with van der Waals surface area (Å²) < 4.78 is 0. The average molecular weight is 153 g/mol. The van der Waals surface area contributed by atoms with Crippen LogP contribution in [0.1, 0.15) is 34.1 Å². The molecule has 0 aromatic carbocycles. The number of rotatable bonds is 0. The predicted octanol–water partition coefficient (Wildman–Crippen LogP) is 2.03. The van der Waals surface area contributed by atoms with Gasteiger partial charge < -0.3 is 5.32 Å². The van der Waals surface area contributed by atoms with Gasteiger partial charge in [-0.2, -0.15) is 0 Å². The lowest BCUT2D eigenvalue weighted by Gasteiger charge is -2.72. The van der Waals surface area contributed by atoms with Gasteiger partial charge in [0, 0.05) is 18.5 Å². The fourth-order valence-electron chi connectivity index (χ4n) is 3.58. The van der Waals surface area contributed by atoms with Crippen molar-refractivity contribution in [1.82, 2.24) is 5.32 Å². The Hall–Kier alpha value is -0.0400. The Morgan fingerprint density at radius 3 is 1.45 bits per heavy atom. The van der Waals surface area contributed by atoms with Gasteiger partial charge in [0.1, 0.15) is 0 Å². The highest BCUT2D eigenvalue weighted by Crippen LogP contribution is 2.69. The molecule has 1 nitrogen and oxygen atoms in total. The van der Waals surface area contributed by atoms with Crippen LogP contribution in [0, 0.1) is 16.2 Å². The highest BCUT2D eigenvalue weighted by Gasteiger charge is 2.67. The molecule has 0 aromatic heterocycles. The predicted molar refractivity (Wildman–Crippen MR) is 47.5 cm³/mol. The van der Waals surface area contributed by atoms with E-state index in [1.165, 1.54) is 19.5 Å². The standard InChI is InChI=1S/C10H19N/c1-8(2)5-9(3,4)10(8)6-11-7-10/h11H,5-7H2,1-4H3. The van der Waals surface area contributed by atoms with Gasteiger partial charge in [-0.1, -0.05) is 27.7 Å². The van der Waals surface area contributed by atoms with Crippen molar-refractivity contribution in [2.24, 2.45) is 16.2 Å². The lowest BCUT2D eigenvalue weighted by Crippen LogP contribution is -2.75. The molecular weight excluding hydrogens is 134 g/mol. The molecule has 0 bridgehead atoms. The summed E-state index contributed by atoms with van der Waals surface area (Å²) in [5.41, 5.74) is 1.80. The molecule has 11 heavy (non-hydrogen) atoms. The van der Waals surface area contributed by atoms with Crippen LogP contribution in [0.25, 0.3) is 0 Å². The maximum absolute atomic E-state index is 3.42. The van der Waals surface area contributed by atoms with Gasteiger partial charge in [0.2, 0.25) is 0 Å². The van der Waals surface area contributed by atoms with Gasteiger partial charge in [0.25, 0.3) is 0 Å². The van der Waals surface area contributed by atoms with E-state index in [9.17, 15) is 0 Å². The maximum atomic E-state index is 3.42. The summed E-state index contributed by atoms with van der Waals surface area (Å²) in [4.78, 5) is 0. The molecule has 1 saturated carbocycles. The van der Waals surface area contributed by atoms with E-state index in [-0.39, 0.29) is 0 Å². The molecule has 1 saturated heterocycles. The lowest BCUT2D eigenvalue weighted by molar-refractivity contribution is -0.211. The molecule has 0 aromatic rings. The molecule has 1 spiro atoms. The zero-order valence-corrected chi connectivity index (χ0v) is 8.12. The Morgan fingerprint density at radius 1 is 0.909 bits per heavy atom. The average Bonchev–Trinajstić information content (AvgIpc) is 1.50. The third kappa shape index (κ3) is 0.618. The summed E-state index contributed by atoms with van der Waals surface area (Å²) in [5, 5.41) is 3.42. The fraction of sp³-hybridized carbons (Fsp3) is 1.00. The monoisotopic (exact) mass is 153 g/mol. The highest BCUT2D eigenvalue weighted by atomic mass is 15.0. The van der Waals surface area contributed by atoms with Crippen LogP contribution in [0.4, 0.5) is 0 Å². The topological polar surface area (TPSA) is 12.0 Å². The van der Waals surface area contributed by atoms with Crippen LogP contribution in [0.2, 0.25) is 0 Å². The Labute approximate surface area is 69.6 Å². The van der Waals surface area contributed by atoms with Crippen LogP contribution >= 0.6 is 0 Å². The Kier molecular flexibility index (Phi) is 1.15. The van der Waals surface area contributed by atoms with Crippen molar-refractivity contribution in [3.8, 4) is 0 Å². The second-order valence-electron chi connectivity index (χ2n) is 5.63. The van der Waals surface area contributed by atoms with E-state index in [1.807, 2.05) is 0 Å². The molecule has 0 atom stereocenters. The number of nitrogens with one attached hydrogen (secondary N) is 1. The largest absolute Gasteiger partial charge is 0.315 e. The highest BCUT2D eigenvalue weighted by molar-refractivity contribution is 5.18. The van der Waals surface area contributed by atoms with Gasteiger partial charge in [0.15, 0.2) is 0 Å². The molecule has 2 fully saturated rings. The summed E-state index contributed by atoms with van der Waals surface area (Å²) in [6.45, 7) is 12.1. The smallest absolute Gasteiger partial charge is 0.00550 e. The molecule has 64 valence electrons. The van der Waals surface area contributed by atoms with Crippen molar-refractivity contribution in [3.05, 3.63) is 0 Å². The van der Waals surface area contributed by atoms with Crippen LogP contribution in [0.5, 0.6) is 0 Å². The summed E-state index contributed by atoms with van der Waals surface area (Å²) in [7, 11) is 0. The van der Waals surface area contributed by atoms with E-state index in [0.29, 0.717) is 16.2 Å². The molecule has 2 rings (SSSR count). The van der Waals surface area contributed by atoms with Crippen molar-refractivity contribution >= 4 is 0 Å². The second kappa shape index (κ2) is 1.66. The summed E-state index contributed by atoms with van der Waals surface area (Å²) in [6, 6.07) is 0. The van der Waals surface area contributed by atoms with E-state index in [1.54, 1.807) is 0 Å². The van der Waals surface area contributed by atoms with Crippen LogP contribution in [0.3, 0.4) is 0 Å². The van der Waals surface area contributed by atoms with Crippen LogP contribution < -0.4 is 5.32 Å². The van der Waals surface area contributed by atoms with Crippen LogP contribution in [-0.4, -0.2) is 13.1 Å². The molecule has 0 amide bonds. The van der Waals surface area contributed by atoms with E-state index >= 15 is 0 Å². The van der Waals surface area contributed by atoms with Crippen molar-refractivity contribution < 1.29 is 0 Å². The molecular formula is C10H19N. The van der Waals surface area contributed by atoms with E-state index < -0.39 is 0 Å². The van der Waals surface area contributed by atoms with Gasteiger partial charge in [-0.25, -0.2) is 0 Å². The minimum Gasteiger partial charge on any atom is -0.315 e. The van der Waals surface area contributed by atoms with Crippen molar-refractivity contribution in [3.63, 3.8) is 0 Å². The van der Waals surface area contributed by atoms with Gasteiger partial charge in [-0.15, -0.1) is 0 Å². The van der Waals surface area contributed by atoms with Crippen LogP contribution in [-0.2, 0) is 0 Å². The van der Waals surface area contributed by atoms with Gasteiger partial charge in [-0.3, -0.25) is 0 Å². The molecule has 0 radical (unpaired) electrons. The van der Waals surface area contributed by atoms with Gasteiger partial charge in [-0.05, 0) is 17.3 Å². The minimum absolute atomic E-state index is 0.585. The summed E-state index contributed by atoms with van der Waals surface area (Å²) in [6.07, 6.45) is 1.39. The zero-order valence-electron chi connectivity index (χ0n) is 8.12. The Morgan fingerprint density at radius 2 is 1.36 bits per heavy atom. The van der Waals surface area contributed by atoms with Gasteiger partial charge in [0.05, 0.1) is 0 Å². The van der Waals surface area contributed by atoms with Crippen molar-refractivity contribution in [1.29, 1.82) is 0 Å². The molecule has 1 heteroatoms. The molecule has 1 aliphatic heterocycles. The first-order valence-electron chi connectivity index (χ1n) is 4.62. The number of hydrogen-bond acceptors (Lipinski definition) is 1. The molecule has 1 N–H and O–H groups in total. The molecule has 1 heterocycles. The van der Waals surface area contributed by atoms with Crippen LogP contribution in [0.15, 0.2) is 0 Å². The third-order valence-electron chi connectivity index (χ3n) is 4.33. The Bertz CT molecular complexity index is 171. The van der Waals surface area contributed by atoms with Crippen molar-refractivity contribution in [2.45, 2.75) is 34.1 Å². The first kappa shape index (κ1) is 7.60. The Balaban J connectivity index is 2.27. The maximum Gasteiger partial charge on any atom is 0.00550 e. The first-order chi connectivity index (χ1) is 4.91. The zero-order chi connectivity index (χ0) is 8.33. The quantitative estimate of drug-likeness (QED) is 0.561. The second-order valence-corrected chi connectivity index (χ2v) is 5.63. The fourth-order valence-corrected chi connectivity index (χ4v) is 3.58. The van der Waals surface area contributed by atoms with E-state index in [0.717, 1.165) is 0 Å². The minimum atomic E-state index is 0.585. The molecule has 2 aliphatic rings. The number of hydrogen-bond donors (Lipinski definition) is 1. The molecule has 1 aliphatic carbocycles. The normalized spacial score (nSPS) is 36.0. The van der Waals surface area contributed by atoms with Crippen molar-refractivity contribution in [2.75, 3.05) is 13.1 Å². The summed E-state index contributed by atoms with van der Waals surface area (Å²) in [5.74, 6) is 0. The van der Waals surface area contributed by atoms with Gasteiger partial charge >= 0.3 is 0 Å². The van der Waals surface area contributed by atoms with E-state index in [2.05, 4.69) is 33.0 Å². The van der Waals surface area contributed by atoms with E-state index in [4.69, 9.17) is 0 Å². The first-order valence-corrected chi connectivity index (χ1v) is 4.62.